The molecule has 1 aromatic heterocycles. The molecule has 94 valence electrons. The van der Waals surface area contributed by atoms with Crippen molar-refractivity contribution in [3.63, 3.8) is 0 Å². The van der Waals surface area contributed by atoms with E-state index in [4.69, 9.17) is 0 Å². The van der Waals surface area contributed by atoms with Crippen molar-refractivity contribution in [2.24, 2.45) is 0 Å². The molecule has 1 amide bonds. The second kappa shape index (κ2) is 5.44. The van der Waals surface area contributed by atoms with Crippen molar-refractivity contribution in [2.45, 2.75) is 20.3 Å². The predicted octanol–water partition coefficient (Wildman–Crippen LogP) is 1.72. The molecule has 0 bridgehead atoms. The van der Waals surface area contributed by atoms with Crippen molar-refractivity contribution >= 4 is 5.91 Å². The highest BCUT2D eigenvalue weighted by Gasteiger charge is 2.15. The molecule has 1 aromatic carbocycles. The number of nitrogens with one attached hydrogen (secondary N) is 1. The van der Waals surface area contributed by atoms with Gasteiger partial charge in [0.2, 0.25) is 0 Å². The SMILES string of the molecule is CCCNC(=O)c1nn(-c2ccccc2)nc1C. The second-order valence-electron chi connectivity index (χ2n) is 4.01. The molecule has 0 saturated heterocycles. The van der Waals surface area contributed by atoms with E-state index in [1.807, 2.05) is 37.3 Å². The maximum atomic E-state index is 11.8. The van der Waals surface area contributed by atoms with Crippen molar-refractivity contribution in [2.75, 3.05) is 6.54 Å². The molecule has 0 unspecified atom stereocenters. The van der Waals surface area contributed by atoms with Crippen LogP contribution in [0.25, 0.3) is 5.69 Å². The van der Waals surface area contributed by atoms with Gasteiger partial charge in [0, 0.05) is 6.54 Å². The Morgan fingerprint density at radius 1 is 1.28 bits per heavy atom. The van der Waals surface area contributed by atoms with Gasteiger partial charge in [-0.15, -0.1) is 5.10 Å². The summed E-state index contributed by atoms with van der Waals surface area (Å²) in [6.45, 7) is 4.44. The van der Waals surface area contributed by atoms with E-state index < -0.39 is 0 Å². The number of aryl methyl sites for hydroxylation is 1. The highest BCUT2D eigenvalue weighted by Crippen LogP contribution is 2.07. The van der Waals surface area contributed by atoms with Gasteiger partial charge in [0.25, 0.3) is 5.91 Å². The van der Waals surface area contributed by atoms with Crippen LogP contribution in [-0.4, -0.2) is 27.4 Å². The average Bonchev–Trinajstić information content (AvgIpc) is 2.79. The van der Waals surface area contributed by atoms with Gasteiger partial charge in [-0.25, -0.2) is 0 Å². The number of rotatable bonds is 4. The van der Waals surface area contributed by atoms with Gasteiger partial charge in [-0.3, -0.25) is 4.79 Å². The minimum atomic E-state index is -0.170. The van der Waals surface area contributed by atoms with Gasteiger partial charge in [-0.2, -0.15) is 9.90 Å². The maximum Gasteiger partial charge on any atom is 0.273 e. The van der Waals surface area contributed by atoms with Crippen LogP contribution in [0.15, 0.2) is 30.3 Å². The van der Waals surface area contributed by atoms with Gasteiger partial charge >= 0.3 is 0 Å². The van der Waals surface area contributed by atoms with Gasteiger partial charge in [-0.05, 0) is 25.5 Å². The maximum absolute atomic E-state index is 11.8. The van der Waals surface area contributed by atoms with Gasteiger partial charge in [0.05, 0.1) is 11.4 Å². The number of nitrogens with zero attached hydrogens (tertiary/aromatic N) is 3. The number of hydrogen-bond acceptors (Lipinski definition) is 3. The van der Waals surface area contributed by atoms with Crippen LogP contribution in [0.3, 0.4) is 0 Å². The van der Waals surface area contributed by atoms with E-state index in [1.165, 1.54) is 4.80 Å². The Labute approximate surface area is 106 Å². The average molecular weight is 244 g/mol. The van der Waals surface area contributed by atoms with Gasteiger partial charge in [0.1, 0.15) is 0 Å². The van der Waals surface area contributed by atoms with Gasteiger partial charge in [0.15, 0.2) is 5.69 Å². The van der Waals surface area contributed by atoms with Crippen LogP contribution in [0, 0.1) is 6.92 Å². The van der Waals surface area contributed by atoms with Crippen LogP contribution in [0.5, 0.6) is 0 Å². The number of carbonyl (C=O) groups excluding carboxylic acids is 1. The Balaban J connectivity index is 2.25. The fourth-order valence-corrected chi connectivity index (χ4v) is 1.59. The molecule has 5 nitrogen and oxygen atoms in total. The molecule has 0 saturated carbocycles. The summed E-state index contributed by atoms with van der Waals surface area (Å²) in [7, 11) is 0. The lowest BCUT2D eigenvalue weighted by Gasteiger charge is -2.00. The van der Waals surface area contributed by atoms with Crippen molar-refractivity contribution in [1.29, 1.82) is 0 Å². The molecule has 1 N–H and O–H groups in total. The number of aromatic nitrogens is 3. The van der Waals surface area contributed by atoms with E-state index >= 15 is 0 Å². The summed E-state index contributed by atoms with van der Waals surface area (Å²) in [5, 5.41) is 11.3. The van der Waals surface area contributed by atoms with Crippen molar-refractivity contribution in [3.05, 3.63) is 41.7 Å². The fourth-order valence-electron chi connectivity index (χ4n) is 1.59. The molecule has 0 fully saturated rings. The molecule has 18 heavy (non-hydrogen) atoms. The van der Waals surface area contributed by atoms with Crippen LogP contribution in [0.1, 0.15) is 29.5 Å². The van der Waals surface area contributed by atoms with E-state index in [9.17, 15) is 4.79 Å². The molecule has 0 atom stereocenters. The largest absolute Gasteiger partial charge is 0.351 e. The second-order valence-corrected chi connectivity index (χ2v) is 4.01. The predicted molar refractivity (Wildman–Crippen MR) is 68.7 cm³/mol. The van der Waals surface area contributed by atoms with E-state index in [1.54, 1.807) is 6.92 Å². The summed E-state index contributed by atoms with van der Waals surface area (Å²) in [5.74, 6) is -0.170. The zero-order valence-corrected chi connectivity index (χ0v) is 10.6. The lowest BCUT2D eigenvalue weighted by molar-refractivity contribution is 0.0947. The molecule has 2 aromatic rings. The summed E-state index contributed by atoms with van der Waals surface area (Å²) in [6.07, 6.45) is 0.900. The summed E-state index contributed by atoms with van der Waals surface area (Å²) in [4.78, 5) is 13.3. The third-order valence-corrected chi connectivity index (χ3v) is 2.52. The van der Waals surface area contributed by atoms with Gasteiger partial charge < -0.3 is 5.32 Å². The minimum Gasteiger partial charge on any atom is -0.351 e. The minimum absolute atomic E-state index is 0.170. The molecule has 0 radical (unpaired) electrons. The molecule has 2 rings (SSSR count). The number of carbonyl (C=O) groups is 1. The van der Waals surface area contributed by atoms with E-state index in [0.717, 1.165) is 12.1 Å². The molecule has 0 aliphatic rings. The Hall–Kier alpha value is -2.17. The summed E-state index contributed by atoms with van der Waals surface area (Å²) < 4.78 is 0. The Kier molecular flexibility index (Phi) is 3.72. The van der Waals surface area contributed by atoms with Crippen LogP contribution in [-0.2, 0) is 0 Å². The summed E-state index contributed by atoms with van der Waals surface area (Å²) in [5.41, 5.74) is 1.86. The molecule has 0 aliphatic heterocycles. The lowest BCUT2D eigenvalue weighted by atomic mass is 10.3. The molecule has 0 spiro atoms. The zero-order valence-electron chi connectivity index (χ0n) is 10.6. The molecule has 5 heteroatoms. The Morgan fingerprint density at radius 2 is 2.00 bits per heavy atom. The van der Waals surface area contributed by atoms with E-state index in [0.29, 0.717) is 17.9 Å². The van der Waals surface area contributed by atoms with E-state index in [2.05, 4.69) is 15.5 Å². The highest BCUT2D eigenvalue weighted by molar-refractivity contribution is 5.93. The van der Waals surface area contributed by atoms with Crippen LogP contribution < -0.4 is 5.32 Å². The standard InChI is InChI=1S/C13H16N4O/c1-3-9-14-13(18)12-10(2)15-17(16-12)11-7-5-4-6-8-11/h4-8H,3,9H2,1-2H3,(H,14,18). The first-order valence-corrected chi connectivity index (χ1v) is 6.00. The zero-order chi connectivity index (χ0) is 13.0. The first-order chi connectivity index (χ1) is 8.72. The summed E-state index contributed by atoms with van der Waals surface area (Å²) >= 11 is 0. The monoisotopic (exact) mass is 244 g/mol. The number of amides is 1. The number of benzene rings is 1. The topological polar surface area (TPSA) is 59.8 Å². The number of para-hydroxylation sites is 1. The Bertz CT molecular complexity index is 533. The molecule has 1 heterocycles. The van der Waals surface area contributed by atoms with Crippen LogP contribution in [0.2, 0.25) is 0 Å². The summed E-state index contributed by atoms with van der Waals surface area (Å²) in [6, 6.07) is 9.53. The first kappa shape index (κ1) is 12.3. The van der Waals surface area contributed by atoms with Crippen LogP contribution in [0.4, 0.5) is 0 Å². The van der Waals surface area contributed by atoms with Crippen LogP contribution >= 0.6 is 0 Å². The quantitative estimate of drug-likeness (QED) is 0.890. The third-order valence-electron chi connectivity index (χ3n) is 2.52. The van der Waals surface area contributed by atoms with Crippen molar-refractivity contribution in [1.82, 2.24) is 20.3 Å². The molecular formula is C13H16N4O. The third kappa shape index (κ3) is 2.56. The lowest BCUT2D eigenvalue weighted by Crippen LogP contribution is -2.25. The number of hydrogen-bond donors (Lipinski definition) is 1. The van der Waals surface area contributed by atoms with Crippen molar-refractivity contribution < 1.29 is 4.79 Å². The molecule has 0 aliphatic carbocycles. The fraction of sp³-hybridized carbons (Fsp3) is 0.308. The van der Waals surface area contributed by atoms with E-state index in [-0.39, 0.29) is 5.91 Å². The smallest absolute Gasteiger partial charge is 0.273 e. The normalized spacial score (nSPS) is 10.3. The van der Waals surface area contributed by atoms with Crippen molar-refractivity contribution in [3.8, 4) is 5.69 Å². The molecular weight excluding hydrogens is 228 g/mol. The highest BCUT2D eigenvalue weighted by atomic mass is 16.2. The first-order valence-electron chi connectivity index (χ1n) is 6.00. The Morgan fingerprint density at radius 3 is 2.67 bits per heavy atom. The van der Waals surface area contributed by atoms with Gasteiger partial charge in [-0.1, -0.05) is 25.1 Å².